The van der Waals surface area contributed by atoms with Gasteiger partial charge >= 0.3 is 12.5 Å². The molecule has 4 heterocycles. The van der Waals surface area contributed by atoms with Crippen LogP contribution in [0.5, 0.6) is 5.88 Å². The first-order valence-corrected chi connectivity index (χ1v) is 10.1. The summed E-state index contributed by atoms with van der Waals surface area (Å²) in [4.78, 5) is 18.6. The van der Waals surface area contributed by atoms with E-state index in [0.29, 0.717) is 27.8 Å². The van der Waals surface area contributed by atoms with Crippen LogP contribution in [-0.4, -0.2) is 47.2 Å². The van der Waals surface area contributed by atoms with Crippen LogP contribution in [0.2, 0.25) is 0 Å². The summed E-state index contributed by atoms with van der Waals surface area (Å²) in [6, 6.07) is 2.42. The van der Waals surface area contributed by atoms with Crippen molar-refractivity contribution in [2.45, 2.75) is 24.2 Å². The van der Waals surface area contributed by atoms with E-state index in [2.05, 4.69) is 40.1 Å². The number of ether oxygens (including phenoxy) is 1. The van der Waals surface area contributed by atoms with E-state index in [-0.39, 0.29) is 23.2 Å². The van der Waals surface area contributed by atoms with Crippen LogP contribution in [0, 0.1) is 0 Å². The van der Waals surface area contributed by atoms with Crippen molar-refractivity contribution in [2.24, 2.45) is 0 Å². The Hall–Kier alpha value is -3.56. The van der Waals surface area contributed by atoms with E-state index < -0.39 is 24.1 Å². The fourth-order valence-corrected chi connectivity index (χ4v) is 3.09. The van der Waals surface area contributed by atoms with Crippen LogP contribution in [0.4, 0.5) is 32.2 Å². The van der Waals surface area contributed by atoms with E-state index in [0.717, 1.165) is 17.8 Å². The van der Waals surface area contributed by atoms with Gasteiger partial charge in [0, 0.05) is 17.8 Å². The third-order valence-electron chi connectivity index (χ3n) is 4.14. The number of hydrogen-bond acceptors (Lipinski definition) is 8. The smallest absolute Gasteiger partial charge is 0.388 e. The lowest BCUT2D eigenvalue weighted by Gasteiger charge is -2.09. The van der Waals surface area contributed by atoms with E-state index in [1.165, 1.54) is 18.5 Å². The Kier molecular flexibility index (Phi) is 5.77. The molecule has 2 N–H and O–H groups in total. The second kappa shape index (κ2) is 8.42. The number of halogens is 6. The number of thioether (sulfide) groups is 1. The fourth-order valence-electron chi connectivity index (χ4n) is 2.75. The Morgan fingerprint density at radius 1 is 1.06 bits per heavy atom. The molecule has 0 spiro atoms. The molecule has 0 bridgehead atoms. The molecular formula is C17H12F6N8OS. The van der Waals surface area contributed by atoms with Crippen molar-refractivity contribution in [3.05, 3.63) is 42.2 Å². The van der Waals surface area contributed by atoms with Crippen LogP contribution in [0.15, 0.2) is 35.9 Å². The van der Waals surface area contributed by atoms with E-state index in [4.69, 9.17) is 0 Å². The van der Waals surface area contributed by atoms with Crippen molar-refractivity contribution in [1.82, 2.24) is 34.5 Å². The molecule has 0 aliphatic heterocycles. The van der Waals surface area contributed by atoms with Gasteiger partial charge in [0.2, 0.25) is 11.0 Å². The Balaban J connectivity index is 1.52. The Labute approximate surface area is 184 Å². The molecule has 0 fully saturated rings. The molecule has 0 aliphatic rings. The molecular weight excluding hydrogens is 478 g/mol. The first-order chi connectivity index (χ1) is 15.5. The maximum atomic E-state index is 13.2. The lowest BCUT2D eigenvalue weighted by atomic mass is 10.2. The predicted octanol–water partition coefficient (Wildman–Crippen LogP) is 4.16. The fraction of sp³-hybridized carbons (Fsp3) is 0.235. The average molecular weight is 490 g/mol. The molecule has 0 unspecified atom stereocenters. The molecule has 174 valence electrons. The molecule has 9 nitrogen and oxygen atoms in total. The average Bonchev–Trinajstić information content (AvgIpc) is 3.38. The van der Waals surface area contributed by atoms with Crippen LogP contribution < -0.4 is 10.1 Å². The number of nitrogens with zero attached hydrogens (tertiary/aromatic N) is 6. The highest BCUT2D eigenvalue weighted by molar-refractivity contribution is 7.98. The number of aromatic nitrogens is 7. The van der Waals surface area contributed by atoms with Crippen molar-refractivity contribution in [3.63, 3.8) is 0 Å². The summed E-state index contributed by atoms with van der Waals surface area (Å²) in [5, 5.41) is 6.82. The van der Waals surface area contributed by atoms with Crippen molar-refractivity contribution in [2.75, 3.05) is 11.6 Å². The van der Waals surface area contributed by atoms with Crippen LogP contribution in [0.1, 0.15) is 11.5 Å². The highest BCUT2D eigenvalue weighted by Gasteiger charge is 2.36. The highest BCUT2D eigenvalue weighted by atomic mass is 32.2. The summed E-state index contributed by atoms with van der Waals surface area (Å²) in [6.07, 6.45) is -4.60. The van der Waals surface area contributed by atoms with Gasteiger partial charge in [0.05, 0.1) is 24.6 Å². The predicted molar refractivity (Wildman–Crippen MR) is 103 cm³/mol. The first kappa shape index (κ1) is 22.6. The van der Waals surface area contributed by atoms with Gasteiger partial charge in [0.1, 0.15) is 5.82 Å². The van der Waals surface area contributed by atoms with Gasteiger partial charge in [0.25, 0.3) is 0 Å². The Morgan fingerprint density at radius 2 is 1.85 bits per heavy atom. The monoisotopic (exact) mass is 490 g/mol. The summed E-state index contributed by atoms with van der Waals surface area (Å²) in [6.45, 7) is 0.0391. The minimum Gasteiger partial charge on any atom is -0.388 e. The third kappa shape index (κ3) is 5.10. The van der Waals surface area contributed by atoms with Crippen LogP contribution in [0.25, 0.3) is 16.9 Å². The molecule has 0 radical (unpaired) electrons. The molecule has 0 saturated carbocycles. The summed E-state index contributed by atoms with van der Waals surface area (Å²) in [7, 11) is 0. The van der Waals surface area contributed by atoms with E-state index in [1.54, 1.807) is 6.26 Å². The quantitative estimate of drug-likeness (QED) is 0.307. The van der Waals surface area contributed by atoms with Crippen molar-refractivity contribution < 1.29 is 31.1 Å². The molecule has 0 saturated heterocycles. The van der Waals surface area contributed by atoms with Gasteiger partial charge in [-0.15, -0.1) is 18.3 Å². The van der Waals surface area contributed by atoms with Gasteiger partial charge in [0.15, 0.2) is 17.2 Å². The van der Waals surface area contributed by atoms with Crippen LogP contribution in [-0.2, 0) is 12.7 Å². The molecule has 0 aliphatic carbocycles. The van der Waals surface area contributed by atoms with Gasteiger partial charge in [-0.25, -0.2) is 19.5 Å². The molecule has 16 heteroatoms. The first-order valence-electron chi connectivity index (χ1n) is 8.90. The third-order valence-corrected chi connectivity index (χ3v) is 4.67. The molecule has 4 aromatic heterocycles. The zero-order valence-electron chi connectivity index (χ0n) is 16.4. The molecule has 4 rings (SSSR count). The molecule has 0 atom stereocenters. The minimum absolute atomic E-state index is 0.0391. The van der Waals surface area contributed by atoms with Crippen molar-refractivity contribution >= 4 is 23.2 Å². The van der Waals surface area contributed by atoms with Gasteiger partial charge in [-0.05, 0) is 12.3 Å². The van der Waals surface area contributed by atoms with E-state index in [9.17, 15) is 26.3 Å². The normalized spacial score (nSPS) is 12.3. The number of pyridine rings is 1. The number of hydrogen-bond donors (Lipinski definition) is 2. The number of anilines is 1. The highest BCUT2D eigenvalue weighted by Crippen LogP contribution is 2.31. The zero-order valence-corrected chi connectivity index (χ0v) is 17.2. The summed E-state index contributed by atoms with van der Waals surface area (Å²) >= 11 is 1.06. The van der Waals surface area contributed by atoms with Crippen LogP contribution in [0.3, 0.4) is 0 Å². The number of alkyl halides is 6. The van der Waals surface area contributed by atoms with Gasteiger partial charge in [-0.3, -0.25) is 0 Å². The summed E-state index contributed by atoms with van der Waals surface area (Å²) < 4.78 is 80.7. The van der Waals surface area contributed by atoms with Gasteiger partial charge in [-0.2, -0.15) is 18.2 Å². The summed E-state index contributed by atoms with van der Waals surface area (Å²) in [5.74, 6) is -0.160. The molecule has 0 amide bonds. The maximum absolute atomic E-state index is 13.2. The largest absolute Gasteiger partial charge is 0.574 e. The number of aromatic amines is 1. The SMILES string of the molecule is CSc1nc(NCc2ncc(-c3ccc(OC(F)(F)F)nc3)[nH]2)c2ncc(C(F)(F)F)n2n1. The Morgan fingerprint density at radius 3 is 2.48 bits per heavy atom. The van der Waals surface area contributed by atoms with Gasteiger partial charge in [-0.1, -0.05) is 11.8 Å². The lowest BCUT2D eigenvalue weighted by Crippen LogP contribution is -2.17. The lowest BCUT2D eigenvalue weighted by molar-refractivity contribution is -0.276. The number of rotatable bonds is 6. The minimum atomic E-state index is -4.85. The number of H-pyrrole nitrogens is 1. The number of fused-ring (bicyclic) bond motifs is 1. The standard InChI is InChI=1S/C17H12F6N8OS/c1-33-15-29-13(14-27-6-10(16(18,19)20)31(14)30-15)26-7-11-24-5-9(28-11)8-2-3-12(25-4-8)32-17(21,22)23/h2-6H,7H2,1H3,(H,24,28)(H,26,29,30). The zero-order chi connectivity index (χ0) is 23.8. The second-order valence-electron chi connectivity index (χ2n) is 6.35. The summed E-state index contributed by atoms with van der Waals surface area (Å²) in [5.41, 5.74) is -0.253. The van der Waals surface area contributed by atoms with Crippen LogP contribution >= 0.6 is 11.8 Å². The topological polar surface area (TPSA) is 106 Å². The Bertz CT molecular complexity index is 1270. The molecule has 33 heavy (non-hydrogen) atoms. The van der Waals surface area contributed by atoms with Crippen molar-refractivity contribution in [3.8, 4) is 17.1 Å². The molecule has 4 aromatic rings. The number of imidazole rings is 2. The second-order valence-corrected chi connectivity index (χ2v) is 7.13. The maximum Gasteiger partial charge on any atom is 0.574 e. The van der Waals surface area contributed by atoms with Gasteiger partial charge < -0.3 is 15.0 Å². The number of nitrogens with one attached hydrogen (secondary N) is 2. The van der Waals surface area contributed by atoms with E-state index >= 15 is 0 Å². The molecule has 0 aromatic carbocycles. The van der Waals surface area contributed by atoms with Crippen molar-refractivity contribution in [1.29, 1.82) is 0 Å². The van der Waals surface area contributed by atoms with E-state index in [1.807, 2.05) is 0 Å².